The molecule has 0 fully saturated rings. The van der Waals surface area contributed by atoms with E-state index >= 15 is 0 Å². The number of anilines is 1. The predicted molar refractivity (Wildman–Crippen MR) is 71.7 cm³/mol. The van der Waals surface area contributed by atoms with Gasteiger partial charge in [-0.15, -0.1) is 0 Å². The summed E-state index contributed by atoms with van der Waals surface area (Å²) >= 11 is 0. The molecular weight excluding hydrogens is 263 g/mol. The molecule has 0 aliphatic heterocycles. The summed E-state index contributed by atoms with van der Waals surface area (Å²) < 4.78 is 15.0. The molecule has 2 N–H and O–H groups in total. The third-order valence-corrected chi connectivity index (χ3v) is 2.98. The van der Waals surface area contributed by atoms with Crippen molar-refractivity contribution in [2.75, 3.05) is 5.73 Å². The molecule has 0 unspecified atom stereocenters. The Morgan fingerprint density at radius 2 is 2.10 bits per heavy atom. The van der Waals surface area contributed by atoms with Gasteiger partial charge in [-0.05, 0) is 24.3 Å². The number of nitrogens with zero attached hydrogens (tertiary/aromatic N) is 3. The van der Waals surface area contributed by atoms with Gasteiger partial charge in [-0.2, -0.15) is 4.39 Å². The number of fused-ring (bicyclic) bond motifs is 1. The molecule has 100 valence electrons. The van der Waals surface area contributed by atoms with E-state index in [2.05, 4.69) is 4.98 Å². The standard InChI is InChI=1S/C13H9FN4O2/c14-9-5-4-8(7-10(9)18(19)20)12-13(15)17-6-2-1-3-11(17)16-12/h1-7H,15H2. The molecule has 7 heteroatoms. The van der Waals surface area contributed by atoms with Crippen LogP contribution in [0, 0.1) is 15.9 Å². The molecule has 0 amide bonds. The molecule has 2 heterocycles. The van der Waals surface area contributed by atoms with E-state index in [-0.39, 0.29) is 0 Å². The van der Waals surface area contributed by atoms with Crippen LogP contribution in [-0.2, 0) is 0 Å². The molecule has 0 aliphatic rings. The zero-order chi connectivity index (χ0) is 14.3. The van der Waals surface area contributed by atoms with E-state index < -0.39 is 16.4 Å². The molecule has 0 radical (unpaired) electrons. The van der Waals surface area contributed by atoms with Gasteiger partial charge in [0.1, 0.15) is 17.2 Å². The number of halogens is 1. The van der Waals surface area contributed by atoms with Crippen molar-refractivity contribution in [1.82, 2.24) is 9.38 Å². The Kier molecular flexibility index (Phi) is 2.60. The van der Waals surface area contributed by atoms with Crippen LogP contribution in [0.3, 0.4) is 0 Å². The first-order valence-corrected chi connectivity index (χ1v) is 5.75. The molecule has 0 spiro atoms. The van der Waals surface area contributed by atoms with E-state index in [0.29, 0.717) is 22.7 Å². The average Bonchev–Trinajstić information content (AvgIpc) is 2.77. The van der Waals surface area contributed by atoms with Gasteiger partial charge in [-0.25, -0.2) is 4.98 Å². The number of pyridine rings is 1. The minimum absolute atomic E-state index is 0.349. The summed E-state index contributed by atoms with van der Waals surface area (Å²) in [6, 6.07) is 8.95. The monoisotopic (exact) mass is 272 g/mol. The van der Waals surface area contributed by atoms with E-state index in [1.165, 1.54) is 6.07 Å². The predicted octanol–water partition coefficient (Wildman–Crippen LogP) is 2.63. The second-order valence-corrected chi connectivity index (χ2v) is 4.20. The van der Waals surface area contributed by atoms with Crippen molar-refractivity contribution in [2.24, 2.45) is 0 Å². The first-order valence-electron chi connectivity index (χ1n) is 5.75. The quantitative estimate of drug-likeness (QED) is 0.574. The zero-order valence-corrected chi connectivity index (χ0v) is 10.2. The smallest absolute Gasteiger partial charge is 0.305 e. The van der Waals surface area contributed by atoms with Crippen molar-refractivity contribution in [2.45, 2.75) is 0 Å². The van der Waals surface area contributed by atoms with Gasteiger partial charge in [0.15, 0.2) is 0 Å². The van der Waals surface area contributed by atoms with Crippen molar-refractivity contribution < 1.29 is 9.31 Å². The number of nitro groups is 1. The van der Waals surface area contributed by atoms with Crippen molar-refractivity contribution in [3.63, 3.8) is 0 Å². The highest BCUT2D eigenvalue weighted by molar-refractivity contribution is 5.76. The van der Waals surface area contributed by atoms with Crippen LogP contribution < -0.4 is 5.73 Å². The van der Waals surface area contributed by atoms with E-state index in [1.54, 1.807) is 28.8 Å². The number of benzene rings is 1. The topological polar surface area (TPSA) is 86.5 Å². The first kappa shape index (κ1) is 12.1. The Labute approximate surface area is 112 Å². The Hall–Kier alpha value is -2.96. The number of imidazole rings is 1. The second-order valence-electron chi connectivity index (χ2n) is 4.20. The normalized spacial score (nSPS) is 10.8. The van der Waals surface area contributed by atoms with Gasteiger partial charge in [-0.1, -0.05) is 6.07 Å². The molecule has 20 heavy (non-hydrogen) atoms. The van der Waals surface area contributed by atoms with Crippen LogP contribution in [0.2, 0.25) is 0 Å². The lowest BCUT2D eigenvalue weighted by Crippen LogP contribution is -1.95. The Morgan fingerprint density at radius 3 is 2.80 bits per heavy atom. The van der Waals surface area contributed by atoms with Crippen LogP contribution in [0.15, 0.2) is 42.6 Å². The maximum atomic E-state index is 13.3. The summed E-state index contributed by atoms with van der Waals surface area (Å²) in [7, 11) is 0. The number of nitrogen functional groups attached to an aromatic ring is 1. The van der Waals surface area contributed by atoms with Crippen LogP contribution >= 0.6 is 0 Å². The summed E-state index contributed by atoms with van der Waals surface area (Å²) in [5.41, 5.74) is 6.78. The molecular formula is C13H9FN4O2. The van der Waals surface area contributed by atoms with Gasteiger partial charge in [0, 0.05) is 17.8 Å². The van der Waals surface area contributed by atoms with Crippen molar-refractivity contribution in [1.29, 1.82) is 0 Å². The lowest BCUT2D eigenvalue weighted by molar-refractivity contribution is -0.387. The highest BCUT2D eigenvalue weighted by Gasteiger charge is 2.18. The van der Waals surface area contributed by atoms with Crippen LogP contribution in [0.25, 0.3) is 16.9 Å². The van der Waals surface area contributed by atoms with Crippen molar-refractivity contribution in [3.05, 3.63) is 58.5 Å². The van der Waals surface area contributed by atoms with Gasteiger partial charge in [0.25, 0.3) is 0 Å². The molecule has 0 saturated carbocycles. The van der Waals surface area contributed by atoms with E-state index in [1.807, 2.05) is 0 Å². The molecule has 2 aromatic heterocycles. The second kappa shape index (κ2) is 4.30. The number of nitrogens with two attached hydrogens (primary N) is 1. The minimum atomic E-state index is -0.888. The van der Waals surface area contributed by atoms with Crippen LogP contribution in [0.1, 0.15) is 0 Å². The first-order chi connectivity index (χ1) is 9.58. The fraction of sp³-hybridized carbons (Fsp3) is 0. The molecule has 0 aliphatic carbocycles. The summed E-state index contributed by atoms with van der Waals surface area (Å²) in [4.78, 5) is 14.3. The largest absolute Gasteiger partial charge is 0.383 e. The number of hydrogen-bond donors (Lipinski definition) is 1. The molecule has 6 nitrogen and oxygen atoms in total. The lowest BCUT2D eigenvalue weighted by atomic mass is 10.1. The van der Waals surface area contributed by atoms with E-state index in [4.69, 9.17) is 5.73 Å². The summed E-state index contributed by atoms with van der Waals surface area (Å²) in [6.07, 6.45) is 1.74. The third-order valence-electron chi connectivity index (χ3n) is 2.98. The molecule has 0 atom stereocenters. The van der Waals surface area contributed by atoms with E-state index in [9.17, 15) is 14.5 Å². The highest BCUT2D eigenvalue weighted by Crippen LogP contribution is 2.30. The third kappa shape index (κ3) is 1.76. The summed E-state index contributed by atoms with van der Waals surface area (Å²) in [6.45, 7) is 0. The minimum Gasteiger partial charge on any atom is -0.383 e. The van der Waals surface area contributed by atoms with Crippen molar-refractivity contribution >= 4 is 17.2 Å². The van der Waals surface area contributed by atoms with Gasteiger partial charge in [0.05, 0.1) is 4.92 Å². The summed E-state index contributed by atoms with van der Waals surface area (Å²) in [5.74, 6) is -0.539. The lowest BCUT2D eigenvalue weighted by Gasteiger charge is -2.00. The van der Waals surface area contributed by atoms with Crippen molar-refractivity contribution in [3.8, 4) is 11.3 Å². The Balaban J connectivity index is 2.23. The van der Waals surface area contributed by atoms with Crippen LogP contribution in [0.4, 0.5) is 15.9 Å². The molecule has 0 saturated heterocycles. The van der Waals surface area contributed by atoms with Crippen LogP contribution in [0.5, 0.6) is 0 Å². The maximum absolute atomic E-state index is 13.3. The van der Waals surface area contributed by atoms with Crippen LogP contribution in [-0.4, -0.2) is 14.3 Å². The molecule has 3 aromatic rings. The van der Waals surface area contributed by atoms with Gasteiger partial charge in [0.2, 0.25) is 5.82 Å². The number of hydrogen-bond acceptors (Lipinski definition) is 4. The average molecular weight is 272 g/mol. The Morgan fingerprint density at radius 1 is 1.30 bits per heavy atom. The van der Waals surface area contributed by atoms with E-state index in [0.717, 1.165) is 12.1 Å². The van der Waals surface area contributed by atoms with Gasteiger partial charge < -0.3 is 5.73 Å². The number of rotatable bonds is 2. The zero-order valence-electron chi connectivity index (χ0n) is 10.2. The number of nitro benzene ring substituents is 1. The van der Waals surface area contributed by atoms with Gasteiger partial charge >= 0.3 is 5.69 Å². The summed E-state index contributed by atoms with van der Waals surface area (Å²) in [5, 5.41) is 10.8. The maximum Gasteiger partial charge on any atom is 0.305 e. The van der Waals surface area contributed by atoms with Gasteiger partial charge in [-0.3, -0.25) is 14.5 Å². The fourth-order valence-electron chi connectivity index (χ4n) is 2.03. The molecule has 0 bridgehead atoms. The molecule has 3 rings (SSSR count). The fourth-order valence-corrected chi connectivity index (χ4v) is 2.03. The number of aromatic nitrogens is 2. The highest BCUT2D eigenvalue weighted by atomic mass is 19.1. The Bertz CT molecular complexity index is 828. The molecule has 1 aromatic carbocycles. The SMILES string of the molecule is Nc1c(-c2ccc(F)c([N+](=O)[O-])c2)nc2ccccn12.